The van der Waals surface area contributed by atoms with Crippen LogP contribution in [0.15, 0.2) is 48.5 Å². The number of fused-ring (bicyclic) bond motifs is 3. The molecule has 7 nitrogen and oxygen atoms in total. The number of carboxylic acids is 1. The van der Waals surface area contributed by atoms with Crippen molar-refractivity contribution in [3.8, 4) is 11.1 Å². The van der Waals surface area contributed by atoms with Gasteiger partial charge in [0.25, 0.3) is 0 Å². The van der Waals surface area contributed by atoms with Crippen LogP contribution in [0.5, 0.6) is 0 Å². The van der Waals surface area contributed by atoms with Crippen molar-refractivity contribution in [2.75, 3.05) is 19.7 Å². The van der Waals surface area contributed by atoms with Gasteiger partial charge in [-0.05, 0) is 48.4 Å². The van der Waals surface area contributed by atoms with E-state index >= 15 is 0 Å². The van der Waals surface area contributed by atoms with E-state index in [0.29, 0.717) is 13.0 Å². The van der Waals surface area contributed by atoms with Crippen molar-refractivity contribution in [2.45, 2.75) is 51.5 Å². The maximum absolute atomic E-state index is 13.0. The van der Waals surface area contributed by atoms with Gasteiger partial charge < -0.3 is 20.1 Å². The third-order valence-corrected chi connectivity index (χ3v) is 7.30. The fraction of sp³-hybridized carbons (Fsp3) is 0.464. The molecule has 1 fully saturated rings. The van der Waals surface area contributed by atoms with E-state index in [-0.39, 0.29) is 36.9 Å². The van der Waals surface area contributed by atoms with Crippen molar-refractivity contribution in [2.24, 2.45) is 11.8 Å². The van der Waals surface area contributed by atoms with Gasteiger partial charge in [-0.25, -0.2) is 4.79 Å². The molecule has 0 bridgehead atoms. The summed E-state index contributed by atoms with van der Waals surface area (Å²) in [5, 5.41) is 12.2. The van der Waals surface area contributed by atoms with Crippen molar-refractivity contribution in [3.05, 3.63) is 59.7 Å². The van der Waals surface area contributed by atoms with Crippen LogP contribution in [0, 0.1) is 11.8 Å². The second kappa shape index (κ2) is 10.9. The summed E-state index contributed by atoms with van der Waals surface area (Å²) in [5.41, 5.74) is 4.70. The fourth-order valence-electron chi connectivity index (χ4n) is 5.39. The maximum atomic E-state index is 13.0. The molecule has 0 spiro atoms. The molecule has 7 heteroatoms. The second-order valence-corrected chi connectivity index (χ2v) is 9.65. The lowest BCUT2D eigenvalue weighted by atomic mass is 9.84. The normalized spacial score (nSPS) is 19.8. The predicted octanol–water partition coefficient (Wildman–Crippen LogP) is 4.65. The summed E-state index contributed by atoms with van der Waals surface area (Å²) >= 11 is 0. The van der Waals surface area contributed by atoms with Gasteiger partial charge in [-0.15, -0.1) is 0 Å². The zero-order valence-electron chi connectivity index (χ0n) is 20.4. The van der Waals surface area contributed by atoms with Crippen molar-refractivity contribution in [3.63, 3.8) is 0 Å². The molecule has 0 aliphatic heterocycles. The molecule has 1 unspecified atom stereocenters. The van der Waals surface area contributed by atoms with E-state index in [1.165, 1.54) is 22.3 Å². The van der Waals surface area contributed by atoms with E-state index in [4.69, 9.17) is 4.74 Å². The number of hydrogen-bond donors (Lipinski definition) is 2. The van der Waals surface area contributed by atoms with Crippen LogP contribution < -0.4 is 5.32 Å². The topological polar surface area (TPSA) is 95.9 Å². The first-order chi connectivity index (χ1) is 16.9. The van der Waals surface area contributed by atoms with Gasteiger partial charge in [-0.3, -0.25) is 9.59 Å². The van der Waals surface area contributed by atoms with Gasteiger partial charge in [-0.2, -0.15) is 0 Å². The Morgan fingerprint density at radius 2 is 1.69 bits per heavy atom. The van der Waals surface area contributed by atoms with Crippen molar-refractivity contribution in [1.29, 1.82) is 0 Å². The molecule has 4 rings (SSSR count). The van der Waals surface area contributed by atoms with Gasteiger partial charge in [-0.1, -0.05) is 61.9 Å². The van der Waals surface area contributed by atoms with Crippen LogP contribution >= 0.6 is 0 Å². The van der Waals surface area contributed by atoms with Gasteiger partial charge in [0, 0.05) is 31.0 Å². The summed E-state index contributed by atoms with van der Waals surface area (Å²) in [7, 11) is 0. The summed E-state index contributed by atoms with van der Waals surface area (Å²) in [4.78, 5) is 38.6. The standard InChI is InChI=1S/C28H34N2O5/c1-3-30(16-18(2)27(32)33)26(31)19-9-8-10-20(15-19)29-28(34)35-17-25-23-13-6-4-11-21(23)22-12-5-7-14-24(22)25/h4-7,11-14,18-20,25H,3,8-10,15-17H2,1-2H3,(H,29,34)(H,32,33)/t18?,19-,20-/m1/s1. The number of carboxylic acid groups (broad SMARTS) is 1. The molecule has 2 aliphatic carbocycles. The van der Waals surface area contributed by atoms with Crippen LogP contribution in [-0.2, 0) is 14.3 Å². The predicted molar refractivity (Wildman–Crippen MR) is 133 cm³/mol. The first kappa shape index (κ1) is 24.8. The molecule has 35 heavy (non-hydrogen) atoms. The Hall–Kier alpha value is -3.35. The molecule has 2 aromatic rings. The van der Waals surface area contributed by atoms with Crippen molar-refractivity contribution < 1.29 is 24.2 Å². The molecule has 3 atom stereocenters. The van der Waals surface area contributed by atoms with E-state index < -0.39 is 18.0 Å². The Morgan fingerprint density at radius 3 is 2.29 bits per heavy atom. The summed E-state index contributed by atoms with van der Waals surface area (Å²) in [5.74, 6) is -1.77. The molecular formula is C28H34N2O5. The molecule has 0 saturated heterocycles. The number of nitrogens with zero attached hydrogens (tertiary/aromatic N) is 1. The summed E-state index contributed by atoms with van der Waals surface area (Å²) < 4.78 is 5.68. The highest BCUT2D eigenvalue weighted by atomic mass is 16.5. The summed E-state index contributed by atoms with van der Waals surface area (Å²) in [6.07, 6.45) is 2.46. The molecule has 186 valence electrons. The zero-order valence-corrected chi connectivity index (χ0v) is 20.4. The summed E-state index contributed by atoms with van der Waals surface area (Å²) in [6.45, 7) is 4.40. The number of rotatable bonds is 8. The highest BCUT2D eigenvalue weighted by Crippen LogP contribution is 2.44. The SMILES string of the molecule is CCN(CC(C)C(=O)O)C(=O)[C@@H]1CCC[C@@H](NC(=O)OCC2c3ccccc3-c3ccccc32)C1. The molecule has 2 N–H and O–H groups in total. The van der Waals surface area contributed by atoms with Gasteiger partial charge in [0.05, 0.1) is 5.92 Å². The first-order valence-electron chi connectivity index (χ1n) is 12.5. The van der Waals surface area contributed by atoms with Crippen LogP contribution in [0.1, 0.15) is 56.6 Å². The molecule has 1 saturated carbocycles. The number of alkyl carbamates (subject to hydrolysis) is 1. The minimum absolute atomic E-state index is 0.00293. The van der Waals surface area contributed by atoms with Crippen LogP contribution in [-0.4, -0.2) is 53.7 Å². The Labute approximate surface area is 206 Å². The number of nitrogens with one attached hydrogen (secondary N) is 1. The Balaban J connectivity index is 1.33. The number of amides is 2. The first-order valence-corrected chi connectivity index (χ1v) is 12.5. The smallest absolute Gasteiger partial charge is 0.407 e. The molecule has 2 amide bonds. The fourth-order valence-corrected chi connectivity index (χ4v) is 5.39. The lowest BCUT2D eigenvalue weighted by Gasteiger charge is -2.33. The largest absolute Gasteiger partial charge is 0.481 e. The van der Waals surface area contributed by atoms with E-state index in [1.54, 1.807) is 11.8 Å². The van der Waals surface area contributed by atoms with E-state index in [1.807, 2.05) is 31.2 Å². The maximum Gasteiger partial charge on any atom is 0.407 e. The van der Waals surface area contributed by atoms with Crippen LogP contribution in [0.3, 0.4) is 0 Å². The Kier molecular flexibility index (Phi) is 7.73. The molecule has 0 heterocycles. The highest BCUT2D eigenvalue weighted by molar-refractivity contribution is 5.80. The second-order valence-electron chi connectivity index (χ2n) is 9.65. The number of benzene rings is 2. The van der Waals surface area contributed by atoms with Gasteiger partial charge in [0.1, 0.15) is 6.61 Å². The summed E-state index contributed by atoms with van der Waals surface area (Å²) in [6, 6.07) is 16.3. The van der Waals surface area contributed by atoms with E-state index in [2.05, 4.69) is 29.6 Å². The average Bonchev–Trinajstić information content (AvgIpc) is 3.19. The van der Waals surface area contributed by atoms with Gasteiger partial charge in [0.15, 0.2) is 0 Å². The Bertz CT molecular complexity index is 1040. The van der Waals surface area contributed by atoms with Gasteiger partial charge in [0.2, 0.25) is 5.91 Å². The van der Waals surface area contributed by atoms with Crippen LogP contribution in [0.2, 0.25) is 0 Å². The molecule has 0 radical (unpaired) electrons. The number of ether oxygens (including phenoxy) is 1. The zero-order chi connectivity index (χ0) is 24.9. The highest BCUT2D eigenvalue weighted by Gasteiger charge is 2.33. The van der Waals surface area contributed by atoms with Crippen LogP contribution in [0.4, 0.5) is 4.79 Å². The average molecular weight is 479 g/mol. The molecule has 2 aliphatic rings. The van der Waals surface area contributed by atoms with Crippen molar-refractivity contribution in [1.82, 2.24) is 10.2 Å². The monoisotopic (exact) mass is 478 g/mol. The number of carbonyl (C=O) groups is 3. The third-order valence-electron chi connectivity index (χ3n) is 7.30. The number of carbonyl (C=O) groups excluding carboxylic acids is 2. The lowest BCUT2D eigenvalue weighted by molar-refractivity contribution is -0.144. The van der Waals surface area contributed by atoms with E-state index in [0.717, 1.165) is 19.3 Å². The minimum Gasteiger partial charge on any atom is -0.481 e. The number of aliphatic carboxylic acids is 1. The quantitative estimate of drug-likeness (QED) is 0.576. The minimum atomic E-state index is -0.908. The lowest BCUT2D eigenvalue weighted by Crippen LogP contribution is -2.45. The number of hydrogen-bond acceptors (Lipinski definition) is 4. The molecule has 0 aromatic heterocycles. The Morgan fingerprint density at radius 1 is 1.06 bits per heavy atom. The third kappa shape index (κ3) is 5.50. The van der Waals surface area contributed by atoms with Crippen molar-refractivity contribution >= 4 is 18.0 Å². The van der Waals surface area contributed by atoms with Gasteiger partial charge >= 0.3 is 12.1 Å². The van der Waals surface area contributed by atoms with E-state index in [9.17, 15) is 19.5 Å². The van der Waals surface area contributed by atoms with Crippen LogP contribution in [0.25, 0.3) is 11.1 Å². The molecular weight excluding hydrogens is 444 g/mol. The molecule has 2 aromatic carbocycles.